The van der Waals surface area contributed by atoms with Gasteiger partial charge in [-0.3, -0.25) is 86.9 Å². The second-order valence-electron chi connectivity index (χ2n) is 34.7. The van der Waals surface area contributed by atoms with Gasteiger partial charge in [0.2, 0.25) is 94.5 Å². The van der Waals surface area contributed by atoms with Crippen LogP contribution in [0.1, 0.15) is 148 Å². The van der Waals surface area contributed by atoms with Crippen LogP contribution in [-0.2, 0) is 107 Å². The summed E-state index contributed by atoms with van der Waals surface area (Å²) in [5.74, 6) is -17.8. The number of likely N-dealkylation sites (N-methyl/N-ethyl adjacent to an activating group) is 4. The van der Waals surface area contributed by atoms with Crippen LogP contribution in [0.15, 0.2) is 91.6 Å². The number of aromatic nitrogens is 4. The molecule has 5 heterocycles. The second-order valence-corrected chi connectivity index (χ2v) is 35.7. The molecule has 3 aromatic heterocycles. The smallest absolute Gasteiger partial charge is 0.246 e. The minimum Gasteiger partial charge on any atom is -0.493 e. The number of ether oxygens (including phenoxy) is 2. The molecule has 0 bridgehead atoms. The maximum Gasteiger partial charge on any atom is 0.246 e. The number of hydrogen-bond acceptors (Lipinski definition) is 23. The number of aliphatic hydroxyl groups is 1. The Bertz CT molecular complexity index is 5220. The predicted molar refractivity (Wildman–Crippen MR) is 511 cm³/mol. The summed E-state index contributed by atoms with van der Waals surface area (Å²) in [6, 6.07) is 0.607. The molecule has 13 atom stereocenters. The lowest BCUT2D eigenvalue weighted by Gasteiger charge is -2.36. The Morgan fingerprint density at radius 2 is 1.16 bits per heavy atom. The molecule has 0 radical (unpaired) electrons. The molecule has 8 rings (SSSR count). The highest BCUT2D eigenvalue weighted by Gasteiger charge is 2.44. The van der Waals surface area contributed by atoms with Crippen molar-refractivity contribution in [3.05, 3.63) is 114 Å². The fourth-order valence-electron chi connectivity index (χ4n) is 16.4. The van der Waals surface area contributed by atoms with Crippen LogP contribution in [0.3, 0.4) is 0 Å². The van der Waals surface area contributed by atoms with Crippen LogP contribution in [0.2, 0.25) is 0 Å². The number of guanidine groups is 1. The normalized spacial score (nSPS) is 23.0. The minimum atomic E-state index is -1.82. The number of ketones is 1. The lowest BCUT2D eigenvalue weighted by molar-refractivity contribution is -0.149. The number of carbonyl (C=O) groups is 17. The van der Waals surface area contributed by atoms with Gasteiger partial charge in [0.05, 0.1) is 52.4 Å². The first-order valence-corrected chi connectivity index (χ1v) is 46.6. The molecular weight excluding hydrogens is 1790 g/mol. The Kier molecular flexibility index (Phi) is 43.1. The maximum atomic E-state index is 15.7. The number of benzene rings is 3. The Labute approximate surface area is 800 Å². The predicted octanol–water partition coefficient (Wildman–Crippen LogP) is -0.394. The van der Waals surface area contributed by atoms with E-state index in [4.69, 9.17) is 32.1 Å². The standard InChI is InChI=1S/C92H131N23O20S.CH4/c1-12-14-27-71-85(127)104-63(26-20-32-98-92(95)96)82(124)110-70(81(123)101-45-77(94)119)48-136-49-78(120)103-66(35-53-30-31-74(134-10)75(36-53)135-11)88(130)112(7)52(5)79(121)106-68(41-76(93)118)90(132)115-33-21-29-72(115)86(128)105-64(40-57-44-97-50-102-57)83(125)107-65(34-51(3)4)87(129)111(6)46-58(117)38-54(37-55-42-99-61-24-18-16-22-59(55)61)80(122)109-69(47-116)84(126)108-67(39-56-43-100-62-25-19-17-23-60(56)62)89(131)114(9)73(28-15-13-2)91(133)113(71)8;/h16-19,22-25,30-31,36,42-44,50-52,54,63-73,99-100,116H,12-15,20-21,26-29,32-35,37-41,45-49H2,1-11H3,(H2,93,118)(H2,94,119)(H,97,102)(H,101,123)(H,103,120)(H,104,127)(H,105,128)(H,106,121)(H,107,125)(H,108,126)(H,109,122)(H,110,124)(H4,95,96,98);1H4/t52-,54+,63-,64-,65-,66-,67-,68-,69-,70-,71-,72-,73-;/m0./s1. The SMILES string of the molecule is C.CCCC[C@H]1C(=O)N(C)[C@@H](CCCC)C(=O)N[C@@H](CCCNC(=N)N)C(=O)N[C@H](C(=O)NCC(N)=O)CSCC(=O)N[C@@H](Cc2ccc(OC)c(OC)c2)C(=O)N(C)[C@@H](C)C(=O)N[C@@H](CC(N)=O)C(=O)N2CCC[C@H]2C(=O)N[C@@H](Cc2cnc[nH]2)C(=O)N[C@@H](CC(C)C)C(=O)N(C)CC(=O)C[C@@H](Cc2c[nH]c3ccccc23)C(=O)N[C@@H](CO)C(=O)N[C@@H](Cc2c[nH]c3ccccc23)C(=O)N1C. The van der Waals surface area contributed by atoms with E-state index in [9.17, 15) is 53.1 Å². The van der Waals surface area contributed by atoms with Crippen LogP contribution < -0.4 is 79.8 Å². The first kappa shape index (κ1) is 110. The number of para-hydroxylation sites is 2. The van der Waals surface area contributed by atoms with Crippen molar-refractivity contribution in [1.82, 2.24) is 97.6 Å². The molecule has 43 nitrogen and oxygen atoms in total. The number of Topliss-reactive ketones (excluding diaryl/α,β-unsaturated/α-hetero) is 1. The molecule has 748 valence electrons. The van der Waals surface area contributed by atoms with Gasteiger partial charge in [0.15, 0.2) is 23.2 Å². The molecule has 21 N–H and O–H groups in total. The van der Waals surface area contributed by atoms with Gasteiger partial charge in [-0.2, -0.15) is 0 Å². The van der Waals surface area contributed by atoms with Crippen molar-refractivity contribution >= 4 is 140 Å². The summed E-state index contributed by atoms with van der Waals surface area (Å²) in [6.07, 6.45) is 5.39. The number of thioether (sulfide) groups is 1. The van der Waals surface area contributed by atoms with Gasteiger partial charge < -0.3 is 124 Å². The Hall–Kier alpha value is -13.7. The number of carbonyl (C=O) groups excluding carboxylic acids is 17. The first-order chi connectivity index (χ1) is 64.8. The molecule has 0 aliphatic carbocycles. The molecule has 44 heteroatoms. The number of unbranched alkanes of at least 4 members (excludes halogenated alkanes) is 2. The summed E-state index contributed by atoms with van der Waals surface area (Å²) in [5, 5.41) is 46.9. The number of aliphatic hydroxyl groups excluding tert-OH is 1. The van der Waals surface area contributed by atoms with Gasteiger partial charge in [0, 0.05) is 125 Å². The number of nitrogens with two attached hydrogens (primary N) is 3. The van der Waals surface area contributed by atoms with E-state index in [1.165, 1.54) is 61.9 Å². The maximum absolute atomic E-state index is 15.7. The summed E-state index contributed by atoms with van der Waals surface area (Å²) in [5.41, 5.74) is 20.0. The highest BCUT2D eigenvalue weighted by molar-refractivity contribution is 8.00. The fraction of sp³-hybridized carbons (Fsp3) is 0.538. The quantitative estimate of drug-likeness (QED) is 0.0169. The summed E-state index contributed by atoms with van der Waals surface area (Å²) in [7, 11) is 8.04. The third-order valence-corrected chi connectivity index (χ3v) is 25.0. The second kappa shape index (κ2) is 53.6. The monoisotopic (exact) mass is 1930 g/mol. The van der Waals surface area contributed by atoms with Gasteiger partial charge in [0.1, 0.15) is 72.5 Å². The number of rotatable bonds is 28. The minimum absolute atomic E-state index is 0. The van der Waals surface area contributed by atoms with Gasteiger partial charge in [0.25, 0.3) is 0 Å². The van der Waals surface area contributed by atoms with Gasteiger partial charge in [-0.25, -0.2) is 4.98 Å². The zero-order chi connectivity index (χ0) is 99.7. The topological polar surface area (TPSA) is 628 Å². The van der Waals surface area contributed by atoms with Crippen LogP contribution in [0.5, 0.6) is 11.5 Å². The molecule has 2 fully saturated rings. The zero-order valence-electron chi connectivity index (χ0n) is 78.7. The first-order valence-electron chi connectivity index (χ1n) is 45.5. The molecule has 0 spiro atoms. The average molecular weight is 1930 g/mol. The van der Waals surface area contributed by atoms with E-state index >= 15 is 33.6 Å². The number of methoxy groups -OCH3 is 2. The van der Waals surface area contributed by atoms with E-state index in [2.05, 4.69) is 73.1 Å². The molecule has 2 aliphatic rings. The van der Waals surface area contributed by atoms with Gasteiger partial charge in [-0.15, -0.1) is 11.8 Å². The summed E-state index contributed by atoms with van der Waals surface area (Å²) in [4.78, 5) is 269. The lowest BCUT2D eigenvalue weighted by atomic mass is 9.92. The number of fused-ring (bicyclic) bond motifs is 3. The van der Waals surface area contributed by atoms with Crippen LogP contribution in [-0.4, -0.2) is 315 Å². The molecule has 6 aromatic rings. The van der Waals surface area contributed by atoms with E-state index in [1.807, 2.05) is 13.8 Å². The molecular formula is C93H135N23O20S. The van der Waals surface area contributed by atoms with Crippen LogP contribution in [0.25, 0.3) is 21.8 Å². The van der Waals surface area contributed by atoms with Crippen molar-refractivity contribution in [2.75, 3.05) is 86.7 Å². The molecule has 0 unspecified atom stereocenters. The number of primary amides is 2. The highest BCUT2D eigenvalue weighted by Crippen LogP contribution is 2.31. The number of aromatic amines is 3. The number of H-pyrrole nitrogens is 3. The Morgan fingerprint density at radius 1 is 0.584 bits per heavy atom. The van der Waals surface area contributed by atoms with E-state index < -0.39 is 229 Å². The lowest BCUT2D eigenvalue weighted by Crippen LogP contribution is -2.61. The van der Waals surface area contributed by atoms with Crippen molar-refractivity contribution in [3.63, 3.8) is 0 Å². The van der Waals surface area contributed by atoms with Crippen molar-refractivity contribution in [2.24, 2.45) is 29.0 Å². The van der Waals surface area contributed by atoms with Gasteiger partial charge >= 0.3 is 0 Å². The summed E-state index contributed by atoms with van der Waals surface area (Å²) >= 11 is 0.772. The molecule has 2 saturated heterocycles. The fourth-order valence-corrected chi connectivity index (χ4v) is 17.3. The Morgan fingerprint density at radius 3 is 1.77 bits per heavy atom. The van der Waals surface area contributed by atoms with E-state index in [1.54, 1.807) is 93.0 Å². The number of hydrogen-bond donors (Lipinski definition) is 18. The Balaban J connectivity index is 0.0000256. The molecule has 3 aromatic carbocycles. The van der Waals surface area contributed by atoms with Crippen LogP contribution in [0, 0.1) is 17.2 Å². The van der Waals surface area contributed by atoms with Crippen molar-refractivity contribution in [1.29, 1.82) is 5.41 Å². The number of nitrogens with one attached hydrogen (secondary N) is 14. The van der Waals surface area contributed by atoms with Gasteiger partial charge in [-0.1, -0.05) is 103 Å². The van der Waals surface area contributed by atoms with Gasteiger partial charge in [-0.05, 0) is 105 Å². The van der Waals surface area contributed by atoms with E-state index in [-0.39, 0.29) is 103 Å². The molecule has 16 amide bonds. The average Bonchev–Trinajstić information content (AvgIpc) is 1.78. The molecule has 0 saturated carbocycles. The van der Waals surface area contributed by atoms with Crippen LogP contribution in [0.4, 0.5) is 0 Å². The zero-order valence-corrected chi connectivity index (χ0v) is 79.6. The highest BCUT2D eigenvalue weighted by atomic mass is 32.2. The van der Waals surface area contributed by atoms with E-state index in [0.29, 0.717) is 75.6 Å². The third kappa shape index (κ3) is 31.7. The van der Waals surface area contributed by atoms with Crippen molar-refractivity contribution in [3.8, 4) is 11.5 Å². The van der Waals surface area contributed by atoms with Crippen LogP contribution >= 0.6 is 11.8 Å². The summed E-state index contributed by atoms with van der Waals surface area (Å²) < 4.78 is 11.0. The molecule has 137 heavy (non-hydrogen) atoms. The summed E-state index contributed by atoms with van der Waals surface area (Å²) in [6.45, 7) is 6.02. The molecule has 2 aliphatic heterocycles. The number of amides is 16. The number of imidazole rings is 1. The largest absolute Gasteiger partial charge is 0.493 e. The number of nitrogens with zero attached hydrogens (tertiary/aromatic N) is 6. The van der Waals surface area contributed by atoms with Crippen molar-refractivity contribution in [2.45, 2.75) is 224 Å². The van der Waals surface area contributed by atoms with E-state index in [0.717, 1.165) is 36.3 Å². The third-order valence-electron chi connectivity index (χ3n) is 24.0. The van der Waals surface area contributed by atoms with Crippen molar-refractivity contribution < 1.29 is 96.1 Å².